The van der Waals surface area contributed by atoms with Crippen molar-refractivity contribution in [1.82, 2.24) is 10.6 Å². The van der Waals surface area contributed by atoms with Gasteiger partial charge in [0.05, 0.1) is 12.0 Å². The highest BCUT2D eigenvalue weighted by molar-refractivity contribution is 8.14. The summed E-state index contributed by atoms with van der Waals surface area (Å²) >= 11 is 2.25. The Morgan fingerprint density at radius 3 is 2.87 bits per heavy atom. The lowest BCUT2D eigenvalue weighted by atomic mass is 10.2. The first kappa shape index (κ1) is 17.5. The van der Waals surface area contributed by atoms with E-state index in [1.807, 2.05) is 0 Å². The second-order valence-electron chi connectivity index (χ2n) is 4.82. The summed E-state index contributed by atoms with van der Waals surface area (Å²) < 4.78 is 4.66. The van der Waals surface area contributed by atoms with Crippen LogP contribution in [0.5, 0.6) is 0 Å². The molecule has 1 aromatic rings. The van der Waals surface area contributed by atoms with Crippen LogP contribution in [0, 0.1) is 0 Å². The van der Waals surface area contributed by atoms with Crippen molar-refractivity contribution < 1.29 is 23.9 Å². The number of amides is 2. The smallest absolute Gasteiger partial charge is 0.329 e. The van der Waals surface area contributed by atoms with Crippen LogP contribution >= 0.6 is 23.1 Å². The predicted octanol–water partition coefficient (Wildman–Crippen LogP) is 0.558. The fraction of sp³-hybridized carbons (Fsp3) is 0.429. The molecule has 2 heterocycles. The number of thiophene rings is 1. The third-order valence-electron chi connectivity index (χ3n) is 3.22. The number of esters is 1. The first-order valence-electron chi connectivity index (χ1n) is 6.89. The maximum atomic E-state index is 12.1. The number of carbonyl (C=O) groups is 4. The van der Waals surface area contributed by atoms with Crippen LogP contribution in [-0.2, 0) is 19.1 Å². The SMILES string of the molecule is COC(=O)[C@H](CSC(=O)c1cccs1)NC(=O)[C@@H]1CCC(=O)N1. The number of ether oxygens (including phenoxy) is 1. The van der Waals surface area contributed by atoms with E-state index in [1.54, 1.807) is 17.5 Å². The molecule has 1 saturated heterocycles. The standard InChI is InChI=1S/C14H16N2O5S2/c1-21-13(19)9(7-23-14(20)10-3-2-6-22-10)16-12(18)8-4-5-11(17)15-8/h2-3,6,8-9H,4-5,7H2,1H3,(H,15,17)(H,16,18)/t8-,9-/m0/s1. The molecule has 0 saturated carbocycles. The fourth-order valence-corrected chi connectivity index (χ4v) is 3.64. The van der Waals surface area contributed by atoms with E-state index >= 15 is 0 Å². The molecule has 2 rings (SSSR count). The van der Waals surface area contributed by atoms with Gasteiger partial charge in [-0.25, -0.2) is 4.79 Å². The summed E-state index contributed by atoms with van der Waals surface area (Å²) in [6.07, 6.45) is 0.673. The highest BCUT2D eigenvalue weighted by Gasteiger charge is 2.31. The van der Waals surface area contributed by atoms with E-state index in [0.717, 1.165) is 11.8 Å². The first-order chi connectivity index (χ1) is 11.0. The molecule has 0 aromatic carbocycles. The summed E-state index contributed by atoms with van der Waals surface area (Å²) in [5.74, 6) is -1.21. The summed E-state index contributed by atoms with van der Waals surface area (Å²) in [4.78, 5) is 47.5. The van der Waals surface area contributed by atoms with E-state index < -0.39 is 24.0 Å². The molecule has 1 fully saturated rings. The Hall–Kier alpha value is -1.87. The molecule has 1 aromatic heterocycles. The second-order valence-corrected chi connectivity index (χ2v) is 6.76. The Morgan fingerprint density at radius 1 is 1.52 bits per heavy atom. The van der Waals surface area contributed by atoms with E-state index in [4.69, 9.17) is 0 Å². The summed E-state index contributed by atoms with van der Waals surface area (Å²) in [5, 5.41) is 6.68. The van der Waals surface area contributed by atoms with Gasteiger partial charge in [-0.3, -0.25) is 14.4 Å². The molecule has 0 spiro atoms. The molecule has 9 heteroatoms. The zero-order valence-electron chi connectivity index (χ0n) is 12.4. The lowest BCUT2D eigenvalue weighted by molar-refractivity contribution is -0.144. The molecule has 0 radical (unpaired) electrons. The maximum Gasteiger partial charge on any atom is 0.329 e. The summed E-state index contributed by atoms with van der Waals surface area (Å²) in [6, 6.07) is 1.87. The zero-order valence-corrected chi connectivity index (χ0v) is 14.0. The molecule has 2 N–H and O–H groups in total. The number of thioether (sulfide) groups is 1. The van der Waals surface area contributed by atoms with Crippen LogP contribution in [0.4, 0.5) is 0 Å². The van der Waals surface area contributed by atoms with Crippen molar-refractivity contribution in [1.29, 1.82) is 0 Å². The minimum Gasteiger partial charge on any atom is -0.467 e. The van der Waals surface area contributed by atoms with Gasteiger partial charge >= 0.3 is 5.97 Å². The van der Waals surface area contributed by atoms with Gasteiger partial charge in [0.15, 0.2) is 0 Å². The van der Waals surface area contributed by atoms with Crippen molar-refractivity contribution in [2.45, 2.75) is 24.9 Å². The molecule has 1 aliphatic rings. The Labute approximate surface area is 141 Å². The van der Waals surface area contributed by atoms with Gasteiger partial charge in [-0.05, 0) is 17.9 Å². The number of hydrogen-bond acceptors (Lipinski definition) is 7. The molecule has 0 aliphatic carbocycles. The van der Waals surface area contributed by atoms with E-state index in [1.165, 1.54) is 18.4 Å². The molecule has 7 nitrogen and oxygen atoms in total. The molecule has 23 heavy (non-hydrogen) atoms. The largest absolute Gasteiger partial charge is 0.467 e. The Morgan fingerprint density at radius 2 is 2.30 bits per heavy atom. The predicted molar refractivity (Wildman–Crippen MR) is 86.2 cm³/mol. The third kappa shape index (κ3) is 4.80. The zero-order chi connectivity index (χ0) is 16.8. The molecular formula is C14H16N2O5S2. The fourth-order valence-electron chi connectivity index (χ4n) is 2.02. The van der Waals surface area contributed by atoms with Gasteiger partial charge in [0, 0.05) is 12.2 Å². The highest BCUT2D eigenvalue weighted by atomic mass is 32.2. The van der Waals surface area contributed by atoms with Crippen molar-refractivity contribution in [3.63, 3.8) is 0 Å². The van der Waals surface area contributed by atoms with Crippen LogP contribution in [0.15, 0.2) is 17.5 Å². The van der Waals surface area contributed by atoms with Crippen LogP contribution in [0.3, 0.4) is 0 Å². The van der Waals surface area contributed by atoms with E-state index in [9.17, 15) is 19.2 Å². The molecule has 0 bridgehead atoms. The van der Waals surface area contributed by atoms with Gasteiger partial charge in [0.2, 0.25) is 16.9 Å². The van der Waals surface area contributed by atoms with Gasteiger partial charge in [0.25, 0.3) is 0 Å². The molecule has 2 amide bonds. The van der Waals surface area contributed by atoms with Crippen molar-refractivity contribution in [2.24, 2.45) is 0 Å². The molecule has 1 aliphatic heterocycles. The van der Waals surface area contributed by atoms with E-state index in [-0.39, 0.29) is 23.2 Å². The number of nitrogens with one attached hydrogen (secondary N) is 2. The monoisotopic (exact) mass is 356 g/mol. The maximum absolute atomic E-state index is 12.1. The molecule has 2 atom stereocenters. The Kier molecular flexibility index (Phi) is 6.17. The van der Waals surface area contributed by atoms with Gasteiger partial charge in [-0.15, -0.1) is 11.3 Å². The number of hydrogen-bond donors (Lipinski definition) is 2. The first-order valence-corrected chi connectivity index (χ1v) is 8.76. The van der Waals surface area contributed by atoms with Crippen molar-refractivity contribution >= 4 is 46.0 Å². The van der Waals surface area contributed by atoms with Crippen LogP contribution in [0.1, 0.15) is 22.5 Å². The lowest BCUT2D eigenvalue weighted by Gasteiger charge is -2.18. The molecule has 0 unspecified atom stereocenters. The number of carbonyl (C=O) groups excluding carboxylic acids is 4. The quantitative estimate of drug-likeness (QED) is 0.722. The summed E-state index contributed by atoms with van der Waals surface area (Å²) in [6.45, 7) is 0. The molecular weight excluding hydrogens is 340 g/mol. The van der Waals surface area contributed by atoms with Crippen molar-refractivity contribution in [3.05, 3.63) is 22.4 Å². The Bertz CT molecular complexity index is 602. The minimum absolute atomic E-state index is 0.0653. The Balaban J connectivity index is 1.91. The van der Waals surface area contributed by atoms with Crippen LogP contribution in [-0.4, -0.2) is 47.8 Å². The van der Waals surface area contributed by atoms with Crippen molar-refractivity contribution in [2.75, 3.05) is 12.9 Å². The van der Waals surface area contributed by atoms with E-state index in [2.05, 4.69) is 15.4 Å². The highest BCUT2D eigenvalue weighted by Crippen LogP contribution is 2.18. The van der Waals surface area contributed by atoms with Gasteiger partial charge in [-0.2, -0.15) is 0 Å². The molecule has 124 valence electrons. The normalized spacial score (nSPS) is 18.1. The van der Waals surface area contributed by atoms with Crippen LogP contribution in [0.25, 0.3) is 0 Å². The summed E-state index contributed by atoms with van der Waals surface area (Å²) in [5.41, 5.74) is 0. The van der Waals surface area contributed by atoms with Gasteiger partial charge in [0.1, 0.15) is 12.1 Å². The van der Waals surface area contributed by atoms with Crippen LogP contribution < -0.4 is 10.6 Å². The third-order valence-corrected chi connectivity index (χ3v) is 5.20. The minimum atomic E-state index is -0.945. The second kappa shape index (κ2) is 8.11. The number of rotatable bonds is 6. The van der Waals surface area contributed by atoms with Gasteiger partial charge < -0.3 is 15.4 Å². The van der Waals surface area contributed by atoms with Crippen LogP contribution in [0.2, 0.25) is 0 Å². The lowest BCUT2D eigenvalue weighted by Crippen LogP contribution is -2.50. The topological polar surface area (TPSA) is 102 Å². The average Bonchev–Trinajstić information content (AvgIpc) is 3.21. The van der Waals surface area contributed by atoms with E-state index in [0.29, 0.717) is 11.3 Å². The number of methoxy groups -OCH3 is 1. The average molecular weight is 356 g/mol. The summed E-state index contributed by atoms with van der Waals surface area (Å²) in [7, 11) is 1.21. The van der Waals surface area contributed by atoms with Crippen molar-refractivity contribution in [3.8, 4) is 0 Å². The van der Waals surface area contributed by atoms with Gasteiger partial charge in [-0.1, -0.05) is 17.8 Å².